The molecule has 126 valence electrons. The first kappa shape index (κ1) is 17.5. The van der Waals surface area contributed by atoms with Crippen LogP contribution >= 0.6 is 0 Å². The normalized spacial score (nSPS) is 12.6. The number of hydrogen-bond donors (Lipinski definition) is 2. The standard InChI is InChI=1S/C18H28N4O/c1-5-14(2)23-17-8-6-15(7-9-17)18-16(12-20-21-18)13-22(4)11-10-19-3/h6-9,12,14,19H,5,10-11,13H2,1-4H3,(H,20,21). The second kappa shape index (κ2) is 8.70. The Bertz CT molecular complexity index is 579. The fourth-order valence-corrected chi connectivity index (χ4v) is 2.37. The highest BCUT2D eigenvalue weighted by molar-refractivity contribution is 5.63. The molecule has 0 spiro atoms. The Morgan fingerprint density at radius 1 is 1.30 bits per heavy atom. The molecule has 23 heavy (non-hydrogen) atoms. The summed E-state index contributed by atoms with van der Waals surface area (Å²) < 4.78 is 5.83. The minimum atomic E-state index is 0.240. The second-order valence-corrected chi connectivity index (χ2v) is 5.97. The molecule has 2 aromatic rings. The van der Waals surface area contributed by atoms with E-state index in [9.17, 15) is 0 Å². The van der Waals surface area contributed by atoms with E-state index < -0.39 is 0 Å². The molecular weight excluding hydrogens is 288 g/mol. The molecular formula is C18H28N4O. The number of likely N-dealkylation sites (N-methyl/N-ethyl adjacent to an activating group) is 2. The van der Waals surface area contributed by atoms with Crippen LogP contribution in [-0.4, -0.2) is 48.4 Å². The molecule has 1 unspecified atom stereocenters. The van der Waals surface area contributed by atoms with Crippen molar-refractivity contribution in [1.29, 1.82) is 0 Å². The van der Waals surface area contributed by atoms with Gasteiger partial charge in [0.2, 0.25) is 0 Å². The van der Waals surface area contributed by atoms with Crippen molar-refractivity contribution in [2.75, 3.05) is 27.2 Å². The van der Waals surface area contributed by atoms with E-state index in [2.05, 4.69) is 53.4 Å². The zero-order valence-corrected chi connectivity index (χ0v) is 14.6. The van der Waals surface area contributed by atoms with Gasteiger partial charge in [-0.25, -0.2) is 0 Å². The van der Waals surface area contributed by atoms with Crippen LogP contribution in [0.1, 0.15) is 25.8 Å². The zero-order chi connectivity index (χ0) is 16.7. The van der Waals surface area contributed by atoms with Crippen LogP contribution in [0.4, 0.5) is 0 Å². The number of nitrogens with one attached hydrogen (secondary N) is 2. The fourth-order valence-electron chi connectivity index (χ4n) is 2.37. The van der Waals surface area contributed by atoms with Gasteiger partial charge in [-0.2, -0.15) is 5.10 Å². The molecule has 0 amide bonds. The van der Waals surface area contributed by atoms with Crippen LogP contribution in [0.2, 0.25) is 0 Å². The summed E-state index contributed by atoms with van der Waals surface area (Å²) in [5, 5.41) is 10.5. The van der Waals surface area contributed by atoms with E-state index in [1.807, 2.05) is 25.4 Å². The Balaban J connectivity index is 2.06. The maximum Gasteiger partial charge on any atom is 0.119 e. The molecule has 2 N–H and O–H groups in total. The monoisotopic (exact) mass is 316 g/mol. The highest BCUT2D eigenvalue weighted by atomic mass is 16.5. The minimum Gasteiger partial charge on any atom is -0.491 e. The molecule has 0 bridgehead atoms. The summed E-state index contributed by atoms with van der Waals surface area (Å²) in [7, 11) is 4.09. The molecule has 5 heteroatoms. The van der Waals surface area contributed by atoms with Gasteiger partial charge in [0.1, 0.15) is 5.75 Å². The average Bonchev–Trinajstić information content (AvgIpc) is 3.01. The minimum absolute atomic E-state index is 0.240. The van der Waals surface area contributed by atoms with Crippen molar-refractivity contribution >= 4 is 0 Å². The number of H-pyrrole nitrogens is 1. The fraction of sp³-hybridized carbons (Fsp3) is 0.500. The lowest BCUT2D eigenvalue weighted by Crippen LogP contribution is -2.26. The van der Waals surface area contributed by atoms with Crippen molar-refractivity contribution in [2.45, 2.75) is 32.9 Å². The topological polar surface area (TPSA) is 53.2 Å². The Hall–Kier alpha value is -1.85. The lowest BCUT2D eigenvalue weighted by Gasteiger charge is -2.16. The number of aromatic nitrogens is 2. The number of benzene rings is 1. The zero-order valence-electron chi connectivity index (χ0n) is 14.6. The first-order chi connectivity index (χ1) is 11.1. The van der Waals surface area contributed by atoms with Crippen LogP contribution in [0.5, 0.6) is 5.75 Å². The number of rotatable bonds is 9. The van der Waals surface area contributed by atoms with Crippen molar-refractivity contribution in [3.05, 3.63) is 36.0 Å². The molecule has 0 radical (unpaired) electrons. The average molecular weight is 316 g/mol. The third kappa shape index (κ3) is 5.08. The molecule has 0 aliphatic carbocycles. The summed E-state index contributed by atoms with van der Waals surface area (Å²) >= 11 is 0. The van der Waals surface area contributed by atoms with E-state index in [1.54, 1.807) is 0 Å². The molecule has 1 heterocycles. The number of aromatic amines is 1. The van der Waals surface area contributed by atoms with Crippen molar-refractivity contribution in [3.63, 3.8) is 0 Å². The van der Waals surface area contributed by atoms with Crippen LogP contribution in [-0.2, 0) is 6.54 Å². The van der Waals surface area contributed by atoms with E-state index in [-0.39, 0.29) is 6.10 Å². The molecule has 0 aliphatic heterocycles. The summed E-state index contributed by atoms with van der Waals surface area (Å²) in [4.78, 5) is 2.28. The SMILES string of the molecule is CCC(C)Oc1ccc(-c2[nH]ncc2CN(C)CCNC)cc1. The van der Waals surface area contributed by atoms with Gasteiger partial charge in [-0.3, -0.25) is 5.10 Å². The van der Waals surface area contributed by atoms with Crippen LogP contribution in [0.3, 0.4) is 0 Å². The molecule has 1 aromatic heterocycles. The Morgan fingerprint density at radius 3 is 2.70 bits per heavy atom. The van der Waals surface area contributed by atoms with Crippen molar-refractivity contribution < 1.29 is 4.74 Å². The summed E-state index contributed by atoms with van der Waals surface area (Å²) in [6.45, 7) is 7.06. The van der Waals surface area contributed by atoms with Gasteiger partial charge in [0.05, 0.1) is 18.0 Å². The first-order valence-corrected chi connectivity index (χ1v) is 8.26. The van der Waals surface area contributed by atoms with Crippen molar-refractivity contribution in [2.24, 2.45) is 0 Å². The van der Waals surface area contributed by atoms with Crippen molar-refractivity contribution in [3.8, 4) is 17.0 Å². The maximum absolute atomic E-state index is 5.83. The van der Waals surface area contributed by atoms with Gasteiger partial charge in [0.15, 0.2) is 0 Å². The van der Waals surface area contributed by atoms with Crippen LogP contribution in [0.15, 0.2) is 30.5 Å². The molecule has 0 fully saturated rings. The van der Waals surface area contributed by atoms with E-state index in [1.165, 1.54) is 5.56 Å². The van der Waals surface area contributed by atoms with Gasteiger partial charge in [-0.1, -0.05) is 6.92 Å². The second-order valence-electron chi connectivity index (χ2n) is 5.97. The highest BCUT2D eigenvalue weighted by Gasteiger charge is 2.10. The Kier molecular flexibility index (Phi) is 6.62. The number of hydrogen-bond acceptors (Lipinski definition) is 4. The predicted molar refractivity (Wildman–Crippen MR) is 94.7 cm³/mol. The molecule has 2 rings (SSSR count). The third-order valence-corrected chi connectivity index (χ3v) is 3.96. The lowest BCUT2D eigenvalue weighted by atomic mass is 10.1. The van der Waals surface area contributed by atoms with E-state index >= 15 is 0 Å². The van der Waals surface area contributed by atoms with E-state index in [0.29, 0.717) is 0 Å². The number of nitrogens with zero attached hydrogens (tertiary/aromatic N) is 2. The van der Waals surface area contributed by atoms with Gasteiger partial charge in [-0.15, -0.1) is 0 Å². The van der Waals surface area contributed by atoms with E-state index in [4.69, 9.17) is 4.74 Å². The molecule has 1 aromatic carbocycles. The largest absolute Gasteiger partial charge is 0.491 e. The number of ether oxygens (including phenoxy) is 1. The molecule has 0 aliphatic rings. The third-order valence-electron chi connectivity index (χ3n) is 3.96. The Labute approximate surface area is 139 Å². The van der Waals surface area contributed by atoms with Gasteiger partial charge >= 0.3 is 0 Å². The molecule has 1 atom stereocenters. The highest BCUT2D eigenvalue weighted by Crippen LogP contribution is 2.25. The summed E-state index contributed by atoms with van der Waals surface area (Å²) in [6, 6.07) is 8.22. The predicted octanol–water partition coefficient (Wildman–Crippen LogP) is 2.91. The Morgan fingerprint density at radius 2 is 2.04 bits per heavy atom. The van der Waals surface area contributed by atoms with Gasteiger partial charge < -0.3 is 15.0 Å². The van der Waals surface area contributed by atoms with Crippen LogP contribution < -0.4 is 10.1 Å². The molecule has 5 nitrogen and oxygen atoms in total. The summed E-state index contributed by atoms with van der Waals surface area (Å²) in [6.07, 6.45) is 3.16. The smallest absolute Gasteiger partial charge is 0.119 e. The summed E-state index contributed by atoms with van der Waals surface area (Å²) in [5.41, 5.74) is 3.42. The molecule has 0 saturated carbocycles. The van der Waals surface area contributed by atoms with E-state index in [0.717, 1.165) is 43.1 Å². The van der Waals surface area contributed by atoms with Gasteiger partial charge in [-0.05, 0) is 51.7 Å². The lowest BCUT2D eigenvalue weighted by molar-refractivity contribution is 0.217. The van der Waals surface area contributed by atoms with Crippen molar-refractivity contribution in [1.82, 2.24) is 20.4 Å². The molecule has 0 saturated heterocycles. The first-order valence-electron chi connectivity index (χ1n) is 8.26. The van der Waals surface area contributed by atoms with Gasteiger partial charge in [0.25, 0.3) is 0 Å². The summed E-state index contributed by atoms with van der Waals surface area (Å²) in [5.74, 6) is 0.912. The van der Waals surface area contributed by atoms with Crippen LogP contribution in [0, 0.1) is 0 Å². The van der Waals surface area contributed by atoms with Gasteiger partial charge in [0, 0.05) is 30.8 Å². The quantitative estimate of drug-likeness (QED) is 0.747. The van der Waals surface area contributed by atoms with Crippen LogP contribution in [0.25, 0.3) is 11.3 Å². The maximum atomic E-state index is 5.83.